The first kappa shape index (κ1) is 20.5. The Bertz CT molecular complexity index is 967. The zero-order chi connectivity index (χ0) is 20.4. The van der Waals surface area contributed by atoms with E-state index in [4.69, 9.17) is 21.1 Å². The lowest BCUT2D eigenvalue weighted by molar-refractivity contribution is 0.0180. The lowest BCUT2D eigenvalue weighted by atomic mass is 9.98. The third-order valence-electron chi connectivity index (χ3n) is 5.16. The number of pyridine rings is 1. The first-order valence-electron chi connectivity index (χ1n) is 9.55. The molecule has 1 saturated heterocycles. The molecule has 0 unspecified atom stereocenters. The fraction of sp³-hybridized carbons (Fsp3) is 0.450. The summed E-state index contributed by atoms with van der Waals surface area (Å²) in [5.74, 6) is -0.586. The summed E-state index contributed by atoms with van der Waals surface area (Å²) in [7, 11) is -3.30. The Morgan fingerprint density at radius 3 is 2.76 bits per heavy atom. The van der Waals surface area contributed by atoms with Crippen molar-refractivity contribution >= 4 is 21.6 Å². The Labute approximate surface area is 174 Å². The van der Waals surface area contributed by atoms with Crippen molar-refractivity contribution in [3.8, 4) is 17.0 Å². The first-order valence-corrected chi connectivity index (χ1v) is 11.5. The Hall–Kier alpha value is -1.74. The molecule has 156 valence electrons. The number of rotatable bonds is 7. The van der Waals surface area contributed by atoms with Crippen LogP contribution in [0.1, 0.15) is 19.3 Å². The van der Waals surface area contributed by atoms with E-state index in [1.54, 1.807) is 24.3 Å². The van der Waals surface area contributed by atoms with Crippen LogP contribution in [0.15, 0.2) is 36.5 Å². The number of nitrogens with one attached hydrogen (secondary N) is 1. The van der Waals surface area contributed by atoms with Crippen molar-refractivity contribution < 1.29 is 22.3 Å². The van der Waals surface area contributed by atoms with Crippen molar-refractivity contribution in [1.29, 1.82) is 0 Å². The van der Waals surface area contributed by atoms with Gasteiger partial charge < -0.3 is 9.47 Å². The number of sulfonamides is 1. The Morgan fingerprint density at radius 2 is 2.07 bits per heavy atom. The fourth-order valence-corrected chi connectivity index (χ4v) is 5.12. The van der Waals surface area contributed by atoms with Gasteiger partial charge in [-0.2, -0.15) is 0 Å². The van der Waals surface area contributed by atoms with Crippen LogP contribution >= 0.6 is 11.6 Å². The molecule has 1 saturated carbocycles. The molecule has 0 spiro atoms. The molecule has 9 heteroatoms. The highest BCUT2D eigenvalue weighted by molar-refractivity contribution is 7.90. The summed E-state index contributed by atoms with van der Waals surface area (Å²) in [5, 5.41) is 0.231. The number of hydrogen-bond acceptors (Lipinski definition) is 5. The Kier molecular flexibility index (Phi) is 6.06. The van der Waals surface area contributed by atoms with Gasteiger partial charge >= 0.3 is 0 Å². The van der Waals surface area contributed by atoms with E-state index >= 15 is 0 Å². The predicted octanol–water partition coefficient (Wildman–Crippen LogP) is 3.41. The van der Waals surface area contributed by atoms with Crippen LogP contribution in [-0.2, 0) is 14.8 Å². The zero-order valence-corrected chi connectivity index (χ0v) is 17.3. The maximum atomic E-state index is 14.5. The van der Waals surface area contributed by atoms with Gasteiger partial charge in [0.1, 0.15) is 0 Å². The summed E-state index contributed by atoms with van der Waals surface area (Å²) < 4.78 is 53.0. The highest BCUT2D eigenvalue weighted by atomic mass is 35.5. The third-order valence-corrected chi connectivity index (χ3v) is 7.36. The highest BCUT2D eigenvalue weighted by Crippen LogP contribution is 2.30. The quantitative estimate of drug-likeness (QED) is 0.714. The monoisotopic (exact) mass is 440 g/mol. The Balaban J connectivity index is 1.41. The molecule has 0 radical (unpaired) electrons. The summed E-state index contributed by atoms with van der Waals surface area (Å²) >= 11 is 5.83. The summed E-state index contributed by atoms with van der Waals surface area (Å²) in [6.45, 7) is 1.02. The molecule has 2 heterocycles. The minimum atomic E-state index is -3.30. The summed E-state index contributed by atoms with van der Waals surface area (Å²) in [5.41, 5.74) is 1.22. The van der Waals surface area contributed by atoms with Gasteiger partial charge in [-0.1, -0.05) is 11.6 Å². The average Bonchev–Trinajstić information content (AvgIpc) is 3.54. The van der Waals surface area contributed by atoms with Crippen LogP contribution < -0.4 is 9.46 Å². The van der Waals surface area contributed by atoms with E-state index in [1.807, 2.05) is 0 Å². The maximum Gasteiger partial charge on any atom is 0.214 e. The summed E-state index contributed by atoms with van der Waals surface area (Å²) in [6.07, 6.45) is 3.49. The first-order chi connectivity index (χ1) is 13.9. The molecule has 1 aromatic carbocycles. The second-order valence-electron chi connectivity index (χ2n) is 7.41. The maximum absolute atomic E-state index is 14.5. The molecule has 1 N–H and O–H groups in total. The van der Waals surface area contributed by atoms with Crippen molar-refractivity contribution in [3.05, 3.63) is 47.4 Å². The highest BCUT2D eigenvalue weighted by Gasteiger charge is 2.39. The molecule has 2 atom stereocenters. The molecule has 4 rings (SSSR count). The molecule has 1 aliphatic carbocycles. The molecule has 2 aromatic rings. The number of aromatic nitrogens is 1. The molecule has 1 aliphatic heterocycles. The third kappa shape index (κ3) is 5.06. The van der Waals surface area contributed by atoms with Gasteiger partial charge in [0.25, 0.3) is 0 Å². The van der Waals surface area contributed by atoms with Crippen LogP contribution in [0, 0.1) is 11.7 Å². The van der Waals surface area contributed by atoms with Crippen molar-refractivity contribution in [3.63, 3.8) is 0 Å². The lowest BCUT2D eigenvalue weighted by Gasteiger charge is -2.31. The van der Waals surface area contributed by atoms with Gasteiger partial charge in [0.05, 0.1) is 29.2 Å². The largest absolute Gasteiger partial charge is 0.490 e. The van der Waals surface area contributed by atoms with Crippen molar-refractivity contribution in [1.82, 2.24) is 9.71 Å². The molecular formula is C20H22ClFN2O4S. The fourth-order valence-electron chi connectivity index (χ4n) is 3.32. The van der Waals surface area contributed by atoms with Crippen molar-refractivity contribution in [2.24, 2.45) is 5.92 Å². The van der Waals surface area contributed by atoms with Gasteiger partial charge in [0.15, 0.2) is 11.6 Å². The average molecular weight is 441 g/mol. The second-order valence-corrected chi connectivity index (χ2v) is 9.84. The molecule has 2 aliphatic rings. The molecule has 2 fully saturated rings. The van der Waals surface area contributed by atoms with E-state index in [0.717, 1.165) is 0 Å². The van der Waals surface area contributed by atoms with Gasteiger partial charge in [-0.15, -0.1) is 0 Å². The van der Waals surface area contributed by atoms with E-state index in [1.165, 1.54) is 12.3 Å². The van der Waals surface area contributed by atoms with Crippen LogP contribution in [0.5, 0.6) is 5.75 Å². The molecule has 6 nitrogen and oxygen atoms in total. The minimum Gasteiger partial charge on any atom is -0.490 e. The second kappa shape index (κ2) is 8.55. The summed E-state index contributed by atoms with van der Waals surface area (Å²) in [6, 6.07) is 7.77. The number of nitrogens with zero attached hydrogens (tertiary/aromatic N) is 1. The normalized spacial score (nSPS) is 22.4. The van der Waals surface area contributed by atoms with E-state index in [-0.39, 0.29) is 29.6 Å². The number of ether oxygens (including phenoxy) is 2. The molecular weight excluding hydrogens is 419 g/mol. The van der Waals surface area contributed by atoms with Crippen molar-refractivity contribution in [2.75, 3.05) is 19.8 Å². The molecule has 29 heavy (non-hydrogen) atoms. The van der Waals surface area contributed by atoms with Crippen LogP contribution in [0.3, 0.4) is 0 Å². The Morgan fingerprint density at radius 1 is 1.24 bits per heavy atom. The van der Waals surface area contributed by atoms with Gasteiger partial charge in [-0.3, -0.25) is 4.98 Å². The van der Waals surface area contributed by atoms with Crippen LogP contribution in [0.2, 0.25) is 5.02 Å². The van der Waals surface area contributed by atoms with E-state index in [9.17, 15) is 12.8 Å². The van der Waals surface area contributed by atoms with Gasteiger partial charge in [0, 0.05) is 30.3 Å². The molecule has 0 amide bonds. The number of halogens is 2. The topological polar surface area (TPSA) is 77.5 Å². The molecule has 1 aromatic heterocycles. The van der Waals surface area contributed by atoms with Crippen LogP contribution in [-0.4, -0.2) is 44.5 Å². The minimum absolute atomic E-state index is 0.108. The smallest absolute Gasteiger partial charge is 0.214 e. The SMILES string of the molecule is O=S(=O)(N[C@H]1CCOC[C@@H]1COc1ccc(-c2ccc(Cl)cn2)cc1F)C1CC1. The van der Waals surface area contributed by atoms with Crippen molar-refractivity contribution in [2.45, 2.75) is 30.6 Å². The van der Waals surface area contributed by atoms with Gasteiger partial charge in [0.2, 0.25) is 10.0 Å². The van der Waals surface area contributed by atoms with E-state index in [2.05, 4.69) is 9.71 Å². The molecule has 0 bridgehead atoms. The van der Waals surface area contributed by atoms with Crippen LogP contribution in [0.25, 0.3) is 11.3 Å². The zero-order valence-electron chi connectivity index (χ0n) is 15.7. The van der Waals surface area contributed by atoms with E-state index in [0.29, 0.717) is 48.8 Å². The summed E-state index contributed by atoms with van der Waals surface area (Å²) in [4.78, 5) is 4.18. The van der Waals surface area contributed by atoms with E-state index < -0.39 is 15.8 Å². The van der Waals surface area contributed by atoms with Gasteiger partial charge in [-0.05, 0) is 49.6 Å². The van der Waals surface area contributed by atoms with Crippen LogP contribution in [0.4, 0.5) is 4.39 Å². The lowest BCUT2D eigenvalue weighted by Crippen LogP contribution is -2.48. The number of hydrogen-bond donors (Lipinski definition) is 1. The standard InChI is InChI=1S/C20H22ClFN2O4S/c21-15-2-5-18(23-10-15)13-1-6-20(17(22)9-13)28-12-14-11-27-8-7-19(14)24-29(25,26)16-3-4-16/h1-2,5-6,9-10,14,16,19,24H,3-4,7-8,11-12H2/t14-,19+/m1/s1. The van der Waals surface area contributed by atoms with Gasteiger partial charge in [-0.25, -0.2) is 17.5 Å². The number of benzene rings is 1. The predicted molar refractivity (Wildman–Crippen MR) is 108 cm³/mol.